The van der Waals surface area contributed by atoms with Crippen molar-refractivity contribution in [2.75, 3.05) is 26.9 Å². The molecule has 0 amide bonds. The molecule has 1 aliphatic rings. The van der Waals surface area contributed by atoms with Crippen LogP contribution >= 0.6 is 0 Å². The van der Waals surface area contributed by atoms with Crippen LogP contribution < -0.4 is 0 Å². The first-order valence-corrected chi connectivity index (χ1v) is 5.40. The lowest BCUT2D eigenvalue weighted by Gasteiger charge is -2.27. The predicted octanol–water partition coefficient (Wildman–Crippen LogP) is 0.869. The zero-order valence-corrected chi connectivity index (χ0v) is 9.39. The highest BCUT2D eigenvalue weighted by molar-refractivity contribution is 5.69. The topological polar surface area (TPSA) is 78.7 Å². The van der Waals surface area contributed by atoms with Gasteiger partial charge in [0, 0.05) is 24.1 Å². The van der Waals surface area contributed by atoms with Crippen molar-refractivity contribution in [1.29, 1.82) is 0 Å². The maximum absolute atomic E-state index is 11.2. The van der Waals surface area contributed by atoms with Gasteiger partial charge in [0.1, 0.15) is 0 Å². The SMILES string of the molecule is COC(=O)C[C@H](C[N+](=O)[O-])C1CCOCC1. The number of nitrogens with zero attached hydrogens (tertiary/aromatic N) is 1. The van der Waals surface area contributed by atoms with E-state index in [1.165, 1.54) is 7.11 Å². The van der Waals surface area contributed by atoms with Crippen LogP contribution in [-0.4, -0.2) is 37.8 Å². The molecule has 1 heterocycles. The normalized spacial score (nSPS) is 19.1. The van der Waals surface area contributed by atoms with Crippen molar-refractivity contribution in [1.82, 2.24) is 0 Å². The Balaban J connectivity index is 2.53. The van der Waals surface area contributed by atoms with Crippen LogP contribution in [0.5, 0.6) is 0 Å². The molecule has 6 heteroatoms. The summed E-state index contributed by atoms with van der Waals surface area (Å²) in [4.78, 5) is 21.4. The van der Waals surface area contributed by atoms with Gasteiger partial charge < -0.3 is 9.47 Å². The second-order valence-electron chi connectivity index (χ2n) is 4.01. The molecule has 6 nitrogen and oxygen atoms in total. The first-order valence-electron chi connectivity index (χ1n) is 5.40. The quantitative estimate of drug-likeness (QED) is 0.398. The summed E-state index contributed by atoms with van der Waals surface area (Å²) >= 11 is 0. The Hall–Kier alpha value is -1.17. The van der Waals surface area contributed by atoms with E-state index >= 15 is 0 Å². The van der Waals surface area contributed by atoms with E-state index in [0.29, 0.717) is 13.2 Å². The fraction of sp³-hybridized carbons (Fsp3) is 0.900. The minimum absolute atomic E-state index is 0.127. The highest BCUT2D eigenvalue weighted by atomic mass is 16.6. The van der Waals surface area contributed by atoms with E-state index in [2.05, 4.69) is 4.74 Å². The Morgan fingerprint density at radius 2 is 2.19 bits per heavy atom. The molecular weight excluding hydrogens is 214 g/mol. The van der Waals surface area contributed by atoms with Gasteiger partial charge in [-0.05, 0) is 18.8 Å². The molecule has 16 heavy (non-hydrogen) atoms. The molecule has 92 valence electrons. The fourth-order valence-electron chi connectivity index (χ4n) is 2.06. The first-order chi connectivity index (χ1) is 7.63. The Labute approximate surface area is 94.1 Å². The highest BCUT2D eigenvalue weighted by Gasteiger charge is 2.30. The van der Waals surface area contributed by atoms with E-state index in [1.54, 1.807) is 0 Å². The van der Waals surface area contributed by atoms with Crippen molar-refractivity contribution in [3.63, 3.8) is 0 Å². The van der Waals surface area contributed by atoms with Gasteiger partial charge in [0.2, 0.25) is 6.54 Å². The molecule has 1 rings (SSSR count). The van der Waals surface area contributed by atoms with Gasteiger partial charge in [-0.1, -0.05) is 0 Å². The monoisotopic (exact) mass is 231 g/mol. The van der Waals surface area contributed by atoms with Crippen LogP contribution in [0.15, 0.2) is 0 Å². The Morgan fingerprint density at radius 3 is 2.69 bits per heavy atom. The summed E-state index contributed by atoms with van der Waals surface area (Å²) in [7, 11) is 1.30. The van der Waals surface area contributed by atoms with Crippen LogP contribution in [0.2, 0.25) is 0 Å². The van der Waals surface area contributed by atoms with Crippen LogP contribution in [0.25, 0.3) is 0 Å². The molecule has 0 saturated carbocycles. The summed E-state index contributed by atoms with van der Waals surface area (Å²) in [5.41, 5.74) is 0. The maximum atomic E-state index is 11.2. The van der Waals surface area contributed by atoms with Crippen molar-refractivity contribution < 1.29 is 19.2 Å². The van der Waals surface area contributed by atoms with Gasteiger partial charge in [0.15, 0.2) is 0 Å². The molecule has 1 saturated heterocycles. The summed E-state index contributed by atoms with van der Waals surface area (Å²) in [5, 5.41) is 10.5. The summed E-state index contributed by atoms with van der Waals surface area (Å²) < 4.78 is 9.76. The predicted molar refractivity (Wildman–Crippen MR) is 55.5 cm³/mol. The van der Waals surface area contributed by atoms with E-state index in [-0.39, 0.29) is 35.7 Å². The largest absolute Gasteiger partial charge is 0.469 e. The third-order valence-corrected chi connectivity index (χ3v) is 2.97. The molecule has 1 aliphatic heterocycles. The number of carbonyl (C=O) groups excluding carboxylic acids is 1. The molecule has 0 aromatic rings. The second-order valence-corrected chi connectivity index (χ2v) is 4.01. The molecule has 0 N–H and O–H groups in total. The van der Waals surface area contributed by atoms with Crippen molar-refractivity contribution in [2.45, 2.75) is 19.3 Å². The molecule has 0 aliphatic carbocycles. The fourth-order valence-corrected chi connectivity index (χ4v) is 2.06. The molecule has 0 aromatic carbocycles. The number of esters is 1. The molecule has 0 radical (unpaired) electrons. The average molecular weight is 231 g/mol. The van der Waals surface area contributed by atoms with Crippen molar-refractivity contribution >= 4 is 5.97 Å². The zero-order chi connectivity index (χ0) is 12.0. The molecule has 1 atom stereocenters. The van der Waals surface area contributed by atoms with Gasteiger partial charge in [-0.3, -0.25) is 14.9 Å². The van der Waals surface area contributed by atoms with Crippen molar-refractivity contribution in [3.8, 4) is 0 Å². The Kier molecular flexibility index (Phi) is 5.18. The molecular formula is C10H17NO5. The van der Waals surface area contributed by atoms with Gasteiger partial charge in [0.05, 0.1) is 13.5 Å². The molecule has 1 fully saturated rings. The van der Waals surface area contributed by atoms with E-state index in [1.807, 2.05) is 0 Å². The van der Waals surface area contributed by atoms with Gasteiger partial charge in [-0.25, -0.2) is 0 Å². The lowest BCUT2D eigenvalue weighted by atomic mass is 9.84. The number of nitro groups is 1. The van der Waals surface area contributed by atoms with E-state index < -0.39 is 0 Å². The number of rotatable bonds is 5. The van der Waals surface area contributed by atoms with Gasteiger partial charge in [-0.2, -0.15) is 0 Å². The maximum Gasteiger partial charge on any atom is 0.306 e. The molecule has 0 aromatic heterocycles. The van der Waals surface area contributed by atoms with Crippen LogP contribution in [0.3, 0.4) is 0 Å². The Bertz CT molecular complexity index is 250. The summed E-state index contributed by atoms with van der Waals surface area (Å²) in [6.45, 7) is 1.08. The summed E-state index contributed by atoms with van der Waals surface area (Å²) in [6, 6.07) is 0. The molecule has 0 bridgehead atoms. The van der Waals surface area contributed by atoms with Gasteiger partial charge in [-0.15, -0.1) is 0 Å². The number of hydrogen-bond donors (Lipinski definition) is 0. The summed E-state index contributed by atoms with van der Waals surface area (Å²) in [5.74, 6) is -0.414. The highest BCUT2D eigenvalue weighted by Crippen LogP contribution is 2.26. The van der Waals surface area contributed by atoms with E-state index in [4.69, 9.17) is 4.74 Å². The van der Waals surface area contributed by atoms with Gasteiger partial charge >= 0.3 is 5.97 Å². The minimum atomic E-state index is -0.377. The van der Waals surface area contributed by atoms with E-state index in [0.717, 1.165) is 12.8 Å². The third kappa shape index (κ3) is 4.14. The number of hydrogen-bond acceptors (Lipinski definition) is 5. The van der Waals surface area contributed by atoms with Crippen LogP contribution in [0.1, 0.15) is 19.3 Å². The number of ether oxygens (including phenoxy) is 2. The zero-order valence-electron chi connectivity index (χ0n) is 9.39. The smallest absolute Gasteiger partial charge is 0.306 e. The number of methoxy groups -OCH3 is 1. The van der Waals surface area contributed by atoms with E-state index in [9.17, 15) is 14.9 Å². The van der Waals surface area contributed by atoms with Crippen LogP contribution in [-0.2, 0) is 14.3 Å². The van der Waals surface area contributed by atoms with Crippen LogP contribution in [0, 0.1) is 22.0 Å². The molecule has 0 unspecified atom stereocenters. The van der Waals surface area contributed by atoms with Gasteiger partial charge in [0.25, 0.3) is 0 Å². The molecule has 0 spiro atoms. The summed E-state index contributed by atoms with van der Waals surface area (Å²) in [6.07, 6.45) is 1.70. The number of carbonyl (C=O) groups is 1. The standard InChI is InChI=1S/C10H17NO5/c1-15-10(12)6-9(7-11(13)14)8-2-4-16-5-3-8/h8-9H,2-7H2,1H3/t9-/m1/s1. The average Bonchev–Trinajstić information content (AvgIpc) is 2.28. The minimum Gasteiger partial charge on any atom is -0.469 e. The van der Waals surface area contributed by atoms with Crippen LogP contribution in [0.4, 0.5) is 0 Å². The first kappa shape index (κ1) is 12.9. The van der Waals surface area contributed by atoms with Crippen molar-refractivity contribution in [3.05, 3.63) is 10.1 Å². The lowest BCUT2D eigenvalue weighted by molar-refractivity contribution is -0.490. The third-order valence-electron chi connectivity index (χ3n) is 2.97. The van der Waals surface area contributed by atoms with Crippen molar-refractivity contribution in [2.24, 2.45) is 11.8 Å². The lowest BCUT2D eigenvalue weighted by Crippen LogP contribution is -2.30. The second kappa shape index (κ2) is 6.42. The Morgan fingerprint density at radius 1 is 1.56 bits per heavy atom.